The molecule has 0 fully saturated rings. The van der Waals surface area contributed by atoms with Crippen molar-refractivity contribution in [2.75, 3.05) is 6.61 Å². The fourth-order valence-electron chi connectivity index (χ4n) is 3.75. The van der Waals surface area contributed by atoms with Crippen LogP contribution >= 0.6 is 0 Å². The van der Waals surface area contributed by atoms with E-state index in [1.54, 1.807) is 0 Å². The van der Waals surface area contributed by atoms with Crippen molar-refractivity contribution in [2.24, 2.45) is 17.3 Å². The molecule has 1 rings (SSSR count). The van der Waals surface area contributed by atoms with Crippen LogP contribution in [0.25, 0.3) is 0 Å². The summed E-state index contributed by atoms with van der Waals surface area (Å²) in [5.74, 6) is 0.691. The average Bonchev–Trinajstić information content (AvgIpc) is 2.59. The average molecular weight is 363 g/mol. The molecule has 3 nitrogen and oxygen atoms in total. The lowest BCUT2D eigenvalue weighted by molar-refractivity contribution is -0.144. The quantitative estimate of drug-likeness (QED) is 0.454. The van der Waals surface area contributed by atoms with Gasteiger partial charge in [-0.3, -0.25) is 9.59 Å². The normalized spacial score (nSPS) is 28.7. The minimum atomic E-state index is -0.488. The lowest BCUT2D eigenvalue weighted by Crippen LogP contribution is -2.33. The highest BCUT2D eigenvalue weighted by molar-refractivity contribution is 5.86. The largest absolute Gasteiger partial charge is 0.465 e. The Labute approximate surface area is 160 Å². The molecule has 0 saturated heterocycles. The van der Waals surface area contributed by atoms with Crippen molar-refractivity contribution in [1.82, 2.24) is 0 Å². The zero-order chi connectivity index (χ0) is 19.6. The number of Topliss-reactive ketones (excluding diaryl/α,β-unsaturated/α-hetero) is 1. The molecule has 2 atom stereocenters. The smallest absolute Gasteiger partial charge is 0.305 e. The summed E-state index contributed by atoms with van der Waals surface area (Å²) in [5, 5.41) is 0. The third-order valence-electron chi connectivity index (χ3n) is 5.54. The molecule has 1 aliphatic rings. The molecule has 3 heteroatoms. The summed E-state index contributed by atoms with van der Waals surface area (Å²) in [5.41, 5.74) is 0.874. The van der Waals surface area contributed by atoms with Crippen LogP contribution in [-0.2, 0) is 14.3 Å². The van der Waals surface area contributed by atoms with E-state index in [4.69, 9.17) is 4.74 Å². The van der Waals surface area contributed by atoms with E-state index in [9.17, 15) is 9.59 Å². The molecule has 0 spiro atoms. The summed E-state index contributed by atoms with van der Waals surface area (Å²) in [6.07, 6.45) is 11.8. The van der Waals surface area contributed by atoms with E-state index in [1.807, 2.05) is 19.9 Å². The Morgan fingerprint density at radius 1 is 1.31 bits per heavy atom. The van der Waals surface area contributed by atoms with Crippen LogP contribution in [-0.4, -0.2) is 18.4 Å². The van der Waals surface area contributed by atoms with Gasteiger partial charge in [-0.05, 0) is 57.8 Å². The molecule has 0 aromatic carbocycles. The van der Waals surface area contributed by atoms with Gasteiger partial charge >= 0.3 is 5.97 Å². The zero-order valence-electron chi connectivity index (χ0n) is 17.3. The highest BCUT2D eigenvalue weighted by Crippen LogP contribution is 2.33. The molecule has 26 heavy (non-hydrogen) atoms. The predicted octanol–water partition coefficient (Wildman–Crippen LogP) is 6.03. The van der Waals surface area contributed by atoms with Crippen molar-refractivity contribution < 1.29 is 14.3 Å². The first-order valence-corrected chi connectivity index (χ1v) is 10.2. The van der Waals surface area contributed by atoms with E-state index < -0.39 is 5.41 Å². The number of hydrogen-bond donors (Lipinski definition) is 0. The van der Waals surface area contributed by atoms with Gasteiger partial charge in [0.15, 0.2) is 0 Å². The summed E-state index contributed by atoms with van der Waals surface area (Å²) in [4.78, 5) is 25.2. The van der Waals surface area contributed by atoms with Crippen LogP contribution < -0.4 is 0 Å². The van der Waals surface area contributed by atoms with Gasteiger partial charge in [0.2, 0.25) is 0 Å². The molecule has 0 bridgehead atoms. The van der Waals surface area contributed by atoms with Crippen molar-refractivity contribution in [3.05, 3.63) is 24.3 Å². The number of rotatable bonds is 3. The number of allylic oxidation sites excluding steroid dienone is 2. The standard InChI is InChI=1S/C23H38O3/c1-6-7-13-20-17-19(3)11-8-10-18(2)12-9-16-26-21(24)14-15-23(4,5)22(20)25/h6,12,19-20H,1,7-11,13-17H2,2-5H3/b18-12+. The number of esters is 1. The lowest BCUT2D eigenvalue weighted by atomic mass is 9.73. The molecule has 0 aromatic rings. The van der Waals surface area contributed by atoms with Gasteiger partial charge in [0.05, 0.1) is 6.61 Å². The van der Waals surface area contributed by atoms with Crippen LogP contribution in [0.4, 0.5) is 0 Å². The van der Waals surface area contributed by atoms with Crippen LogP contribution in [0.5, 0.6) is 0 Å². The highest BCUT2D eigenvalue weighted by Gasteiger charge is 2.34. The monoisotopic (exact) mass is 362 g/mol. The fourth-order valence-corrected chi connectivity index (χ4v) is 3.75. The van der Waals surface area contributed by atoms with E-state index in [1.165, 1.54) is 5.57 Å². The summed E-state index contributed by atoms with van der Waals surface area (Å²) in [6.45, 7) is 12.6. The highest BCUT2D eigenvalue weighted by atomic mass is 16.5. The van der Waals surface area contributed by atoms with Crippen LogP contribution in [0.2, 0.25) is 0 Å². The molecule has 0 aliphatic carbocycles. The molecule has 1 heterocycles. The molecule has 0 saturated carbocycles. The Kier molecular flexibility index (Phi) is 9.90. The molecule has 0 N–H and O–H groups in total. The zero-order valence-corrected chi connectivity index (χ0v) is 17.3. The lowest BCUT2D eigenvalue weighted by Gasteiger charge is -2.29. The van der Waals surface area contributed by atoms with E-state index in [-0.39, 0.29) is 11.9 Å². The molecule has 2 unspecified atom stereocenters. The number of hydrogen-bond acceptors (Lipinski definition) is 3. The van der Waals surface area contributed by atoms with Gasteiger partial charge < -0.3 is 4.74 Å². The van der Waals surface area contributed by atoms with Gasteiger partial charge in [-0.1, -0.05) is 44.9 Å². The molecule has 148 valence electrons. The molecule has 0 amide bonds. The van der Waals surface area contributed by atoms with E-state index in [0.29, 0.717) is 31.1 Å². The SMILES string of the molecule is C=CCCC1CC(C)CCC/C(C)=C/CCOC(=O)CCC(C)(C)C1=O. The molecule has 0 radical (unpaired) electrons. The Balaban J connectivity index is 2.89. The predicted molar refractivity (Wildman–Crippen MR) is 108 cm³/mol. The second kappa shape index (κ2) is 11.4. The molecule has 0 aromatic heterocycles. The Morgan fingerprint density at radius 2 is 2.04 bits per heavy atom. The second-order valence-electron chi connectivity index (χ2n) is 8.60. The molecular formula is C23H38O3. The second-order valence-corrected chi connectivity index (χ2v) is 8.60. The van der Waals surface area contributed by atoms with Gasteiger partial charge in [-0.25, -0.2) is 0 Å². The maximum atomic E-state index is 13.2. The van der Waals surface area contributed by atoms with E-state index in [2.05, 4.69) is 26.5 Å². The number of carbonyl (C=O) groups is 2. The van der Waals surface area contributed by atoms with E-state index >= 15 is 0 Å². The maximum absolute atomic E-state index is 13.2. The number of cyclic esters (lactones) is 1. The maximum Gasteiger partial charge on any atom is 0.305 e. The van der Waals surface area contributed by atoms with Gasteiger partial charge in [0.1, 0.15) is 5.78 Å². The Hall–Kier alpha value is -1.38. The van der Waals surface area contributed by atoms with Gasteiger partial charge in [-0.15, -0.1) is 6.58 Å². The number of ketones is 1. The van der Waals surface area contributed by atoms with Crippen LogP contribution in [0.3, 0.4) is 0 Å². The summed E-state index contributed by atoms with van der Waals surface area (Å²) < 4.78 is 5.32. The van der Waals surface area contributed by atoms with Crippen LogP contribution in [0.1, 0.15) is 85.5 Å². The van der Waals surface area contributed by atoms with Gasteiger partial charge in [0.25, 0.3) is 0 Å². The fraction of sp³-hybridized carbons (Fsp3) is 0.739. The van der Waals surface area contributed by atoms with E-state index in [0.717, 1.165) is 44.9 Å². The molecule has 1 aliphatic heterocycles. The Bertz CT molecular complexity index is 502. The minimum absolute atomic E-state index is 0.0542. The van der Waals surface area contributed by atoms with Crippen molar-refractivity contribution in [3.63, 3.8) is 0 Å². The summed E-state index contributed by atoms with van der Waals surface area (Å²) >= 11 is 0. The number of carbonyl (C=O) groups excluding carboxylic acids is 2. The van der Waals surface area contributed by atoms with Crippen molar-refractivity contribution >= 4 is 11.8 Å². The summed E-state index contributed by atoms with van der Waals surface area (Å²) in [6, 6.07) is 0. The first kappa shape index (κ1) is 22.7. The van der Waals surface area contributed by atoms with Crippen LogP contribution in [0, 0.1) is 17.3 Å². The van der Waals surface area contributed by atoms with Gasteiger partial charge in [-0.2, -0.15) is 0 Å². The third-order valence-corrected chi connectivity index (χ3v) is 5.54. The first-order chi connectivity index (χ1) is 12.3. The topological polar surface area (TPSA) is 43.4 Å². The third kappa shape index (κ3) is 8.33. The van der Waals surface area contributed by atoms with Crippen molar-refractivity contribution in [1.29, 1.82) is 0 Å². The molecular weight excluding hydrogens is 324 g/mol. The van der Waals surface area contributed by atoms with Crippen molar-refractivity contribution in [3.8, 4) is 0 Å². The summed E-state index contributed by atoms with van der Waals surface area (Å²) in [7, 11) is 0. The van der Waals surface area contributed by atoms with Crippen LogP contribution in [0.15, 0.2) is 24.3 Å². The van der Waals surface area contributed by atoms with Crippen molar-refractivity contribution in [2.45, 2.75) is 85.5 Å². The van der Waals surface area contributed by atoms with Gasteiger partial charge in [0, 0.05) is 17.8 Å². The Morgan fingerprint density at radius 3 is 2.73 bits per heavy atom. The number of ether oxygens (including phenoxy) is 1. The first-order valence-electron chi connectivity index (χ1n) is 10.2. The minimum Gasteiger partial charge on any atom is -0.465 e.